The molecule has 53 valence electrons. The van der Waals surface area contributed by atoms with E-state index in [0.29, 0.717) is 11.2 Å². The molecule has 0 saturated heterocycles. The van der Waals surface area contributed by atoms with Crippen molar-refractivity contribution in [2.24, 2.45) is 0 Å². The molecule has 2 aromatic rings. The largest absolute Gasteiger partial charge is 0.250 e. The van der Waals surface area contributed by atoms with Crippen LogP contribution in [-0.4, -0.2) is 25.4 Å². The third-order valence-electron chi connectivity index (χ3n) is 1.08. The van der Waals surface area contributed by atoms with Crippen molar-refractivity contribution in [1.29, 1.82) is 0 Å². The molecule has 0 aliphatic rings. The molecule has 6 nitrogen and oxygen atoms in total. The van der Waals surface area contributed by atoms with Crippen molar-refractivity contribution in [3.63, 3.8) is 0 Å². The Morgan fingerprint density at radius 3 is 2.73 bits per heavy atom. The number of aromatic nitrogens is 5. The Morgan fingerprint density at radius 2 is 1.91 bits per heavy atom. The molecule has 0 fully saturated rings. The molecule has 0 saturated carbocycles. The van der Waals surface area contributed by atoms with Gasteiger partial charge in [-0.2, -0.15) is 0 Å². The lowest BCUT2D eigenvalue weighted by Crippen LogP contribution is -1.90. The molecule has 2 heterocycles. The molecule has 0 amide bonds. The molecule has 2 aromatic heterocycles. The summed E-state index contributed by atoms with van der Waals surface area (Å²) in [5, 5.41) is 10.6. The topological polar surface area (TPSA) is 95.0 Å². The van der Waals surface area contributed by atoms with E-state index >= 15 is 0 Å². The van der Waals surface area contributed by atoms with Crippen LogP contribution in [0.2, 0.25) is 0 Å². The van der Waals surface area contributed by atoms with Gasteiger partial charge in [-0.3, -0.25) is 0 Å². The fraction of sp³-hybridized carbons (Fsp3) is 0. The van der Waals surface area contributed by atoms with Crippen molar-refractivity contribution in [3.05, 3.63) is 18.6 Å². The number of hydrogen-bond donors (Lipinski definition) is 0. The van der Waals surface area contributed by atoms with Gasteiger partial charge in [-0.15, -0.1) is 10.2 Å². The lowest BCUT2D eigenvalue weighted by Gasteiger charge is -1.87. The zero-order chi connectivity index (χ0) is 6.81. The minimum Gasteiger partial charge on any atom is -0.250 e. The van der Waals surface area contributed by atoms with Gasteiger partial charge >= 0.3 is 0 Å². The van der Waals surface area contributed by atoms with Crippen LogP contribution in [0.25, 0.3) is 11.2 Å². The van der Waals surface area contributed by atoms with E-state index in [9.17, 15) is 0 Å². The highest BCUT2D eigenvalue weighted by Gasteiger charge is 1.92. The molecule has 0 atom stereocenters. The number of nitrogens with zero attached hydrogens (tertiary/aromatic N) is 6. The van der Waals surface area contributed by atoms with Gasteiger partial charge in [-0.25, -0.2) is 9.97 Å². The first-order valence-electron chi connectivity index (χ1n) is 2.72. The lowest BCUT2D eigenvalue weighted by atomic mass is 10.5. The van der Waals surface area contributed by atoms with E-state index in [0.717, 1.165) is 0 Å². The fourth-order valence-electron chi connectivity index (χ4n) is 0.658. The van der Waals surface area contributed by atoms with Gasteiger partial charge in [0.25, 0.3) is 0 Å². The summed E-state index contributed by atoms with van der Waals surface area (Å²) < 4.78 is 0. The van der Waals surface area contributed by atoms with Gasteiger partial charge < -0.3 is 0 Å². The maximum absolute atomic E-state index is 3.95. The number of hydrogen-bond acceptors (Lipinski definition) is 5. The number of rotatable bonds is 0. The zero-order valence-corrected chi connectivity index (χ0v) is 5.42. The Labute approximate surface area is 62.3 Å². The second-order valence-corrected chi connectivity index (χ2v) is 1.70. The van der Waals surface area contributed by atoms with E-state index in [1.807, 2.05) is 0 Å². The molecule has 0 aliphatic heterocycles. The molecule has 0 N–H and O–H groups in total. The fourth-order valence-corrected chi connectivity index (χ4v) is 0.658. The van der Waals surface area contributed by atoms with E-state index in [1.165, 1.54) is 6.20 Å². The van der Waals surface area contributed by atoms with Gasteiger partial charge in [0, 0.05) is 18.5 Å². The van der Waals surface area contributed by atoms with Crippen molar-refractivity contribution in [2.75, 3.05) is 0 Å². The SMILES string of the molecule is [N].c1cnc2nnncc2n1. The highest BCUT2D eigenvalue weighted by Crippen LogP contribution is 1.96. The van der Waals surface area contributed by atoms with Gasteiger partial charge in [0.15, 0.2) is 0 Å². The molecule has 2 rings (SSSR count). The van der Waals surface area contributed by atoms with Crippen molar-refractivity contribution < 1.29 is 0 Å². The lowest BCUT2D eigenvalue weighted by molar-refractivity contribution is 0.880. The van der Waals surface area contributed by atoms with Crippen LogP contribution in [-0.2, 0) is 0 Å². The van der Waals surface area contributed by atoms with E-state index in [4.69, 9.17) is 0 Å². The van der Waals surface area contributed by atoms with Crippen LogP contribution in [0, 0.1) is 0 Å². The monoisotopic (exact) mass is 147 g/mol. The molecule has 11 heavy (non-hydrogen) atoms. The smallest absolute Gasteiger partial charge is 0.203 e. The Kier molecular flexibility index (Phi) is 1.98. The van der Waals surface area contributed by atoms with E-state index in [1.54, 1.807) is 12.4 Å². The standard InChI is InChI=1S/C5H3N5.N/c1-2-7-5-4(6-1)3-8-10-9-5;/h1-3H;. The summed E-state index contributed by atoms with van der Waals surface area (Å²) in [5.41, 5.74) is 1.19. The van der Waals surface area contributed by atoms with Crippen molar-refractivity contribution in [2.45, 2.75) is 0 Å². The number of fused-ring (bicyclic) bond motifs is 1. The first kappa shape index (κ1) is 7.42. The normalized spacial score (nSPS) is 9.09. The Hall–Kier alpha value is -1.69. The van der Waals surface area contributed by atoms with E-state index in [2.05, 4.69) is 25.4 Å². The molecule has 0 bridgehead atoms. The Bertz CT molecular complexity index is 282. The van der Waals surface area contributed by atoms with Crippen LogP contribution in [0.15, 0.2) is 18.6 Å². The average Bonchev–Trinajstić information content (AvgIpc) is 2.05. The predicted octanol–water partition coefficient (Wildman–Crippen LogP) is -0.666. The quantitative estimate of drug-likeness (QED) is 0.492. The molecular weight excluding hydrogens is 144 g/mol. The molecule has 0 aromatic carbocycles. The third-order valence-corrected chi connectivity index (χ3v) is 1.08. The van der Waals surface area contributed by atoms with Crippen LogP contribution in [0.3, 0.4) is 0 Å². The van der Waals surface area contributed by atoms with Crippen molar-refractivity contribution in [1.82, 2.24) is 31.5 Å². The maximum atomic E-state index is 3.95. The maximum Gasteiger partial charge on any atom is 0.203 e. The first-order chi connectivity index (χ1) is 4.97. The van der Waals surface area contributed by atoms with Gasteiger partial charge in [0.05, 0.1) is 6.20 Å². The van der Waals surface area contributed by atoms with Crippen molar-refractivity contribution in [3.8, 4) is 0 Å². The summed E-state index contributed by atoms with van der Waals surface area (Å²) in [6.07, 6.45) is 4.68. The van der Waals surface area contributed by atoms with Crippen LogP contribution in [0.4, 0.5) is 0 Å². The Balaban J connectivity index is 0.000000605. The van der Waals surface area contributed by atoms with Crippen LogP contribution < -0.4 is 6.15 Å². The summed E-state index contributed by atoms with van der Waals surface area (Å²) in [5.74, 6) is 0. The second kappa shape index (κ2) is 2.93. The van der Waals surface area contributed by atoms with Gasteiger partial charge in [0.1, 0.15) is 5.52 Å². The van der Waals surface area contributed by atoms with Gasteiger partial charge in [-0.1, -0.05) is 0 Å². The summed E-state index contributed by atoms with van der Waals surface area (Å²) in [7, 11) is 0. The van der Waals surface area contributed by atoms with Crippen molar-refractivity contribution >= 4 is 11.2 Å². The zero-order valence-electron chi connectivity index (χ0n) is 5.42. The molecule has 0 aliphatic carbocycles. The van der Waals surface area contributed by atoms with E-state index in [-0.39, 0.29) is 6.15 Å². The van der Waals surface area contributed by atoms with Gasteiger partial charge in [0.2, 0.25) is 5.65 Å². The Morgan fingerprint density at radius 1 is 1.09 bits per heavy atom. The second-order valence-electron chi connectivity index (χ2n) is 1.70. The highest BCUT2D eigenvalue weighted by molar-refractivity contribution is 5.66. The van der Waals surface area contributed by atoms with E-state index < -0.39 is 0 Å². The average molecular weight is 147 g/mol. The third kappa shape index (κ3) is 1.24. The van der Waals surface area contributed by atoms with Gasteiger partial charge in [-0.05, 0) is 5.21 Å². The summed E-state index contributed by atoms with van der Waals surface area (Å²) >= 11 is 0. The summed E-state index contributed by atoms with van der Waals surface area (Å²) in [4.78, 5) is 7.86. The van der Waals surface area contributed by atoms with Crippen LogP contribution in [0.1, 0.15) is 0 Å². The molecule has 6 heteroatoms. The highest BCUT2D eigenvalue weighted by atomic mass is 15.3. The first-order valence-corrected chi connectivity index (χ1v) is 2.72. The minimum atomic E-state index is 0. The molecule has 0 spiro atoms. The molecule has 3 radical (unpaired) electrons. The minimum absolute atomic E-state index is 0. The summed E-state index contributed by atoms with van der Waals surface area (Å²) in [6.45, 7) is 0. The predicted molar refractivity (Wildman–Crippen MR) is 35.1 cm³/mol. The van der Waals surface area contributed by atoms with Crippen LogP contribution in [0.5, 0.6) is 0 Å². The van der Waals surface area contributed by atoms with Crippen LogP contribution >= 0.6 is 0 Å². The summed E-state index contributed by atoms with van der Waals surface area (Å²) in [6, 6.07) is 0. The molecule has 0 unspecified atom stereocenters. The molecular formula is C5H3N6.